The van der Waals surface area contributed by atoms with Crippen molar-refractivity contribution in [1.29, 1.82) is 0 Å². The van der Waals surface area contributed by atoms with Crippen LogP contribution in [0, 0.1) is 45.3 Å². The number of fused-ring (bicyclic) bond motifs is 10. The summed E-state index contributed by atoms with van der Waals surface area (Å²) in [7, 11) is 0. The van der Waals surface area contributed by atoms with Crippen LogP contribution in [-0.4, -0.2) is 103 Å². The van der Waals surface area contributed by atoms with Crippen molar-refractivity contribution in [2.75, 3.05) is 37.7 Å². The zero-order valence-corrected chi connectivity index (χ0v) is 45.8. The summed E-state index contributed by atoms with van der Waals surface area (Å²) in [6.45, 7) is 11.5. The number of ether oxygens (including phenoxy) is 3. The summed E-state index contributed by atoms with van der Waals surface area (Å²) in [5.74, 6) is -1.92. The van der Waals surface area contributed by atoms with E-state index >= 15 is 0 Å². The van der Waals surface area contributed by atoms with Gasteiger partial charge in [-0.3, -0.25) is 28.8 Å². The Kier molecular flexibility index (Phi) is 13.4. The van der Waals surface area contributed by atoms with Crippen molar-refractivity contribution in [2.45, 2.75) is 135 Å². The highest BCUT2D eigenvalue weighted by molar-refractivity contribution is 6.01. The third-order valence-electron chi connectivity index (χ3n) is 19.8. The highest BCUT2D eigenvalue weighted by Crippen LogP contribution is 2.73. The quantitative estimate of drug-likeness (QED) is 0.0800. The number of esters is 2. The Morgan fingerprint density at radius 2 is 1.58 bits per heavy atom. The highest BCUT2D eigenvalue weighted by Gasteiger charge is 2.74. The summed E-state index contributed by atoms with van der Waals surface area (Å²) in [6, 6.07) is 23.5. The van der Waals surface area contributed by atoms with E-state index in [4.69, 9.17) is 14.2 Å². The van der Waals surface area contributed by atoms with Crippen LogP contribution in [0.1, 0.15) is 122 Å². The van der Waals surface area contributed by atoms with Gasteiger partial charge in [-0.25, -0.2) is 4.79 Å². The molecule has 8 aliphatic carbocycles. The molecule has 15 heteroatoms. The molecule has 12 rings (SSSR count). The number of nitrogens with one attached hydrogen (secondary N) is 3. The fourth-order valence-electron chi connectivity index (χ4n) is 16.8. The van der Waals surface area contributed by atoms with E-state index in [-0.39, 0.29) is 72.6 Å². The number of nitrogens with zero attached hydrogens (tertiary/aromatic N) is 1. The van der Waals surface area contributed by atoms with E-state index in [0.717, 1.165) is 84.0 Å². The number of aliphatic hydroxyl groups is 1. The monoisotopic (exact) mass is 1060 g/mol. The second-order valence-corrected chi connectivity index (χ2v) is 25.8. The fourth-order valence-corrected chi connectivity index (χ4v) is 16.8. The topological polar surface area (TPSA) is 207 Å². The first-order chi connectivity index (χ1) is 37.0. The smallest absolute Gasteiger partial charge is 0.407 e. The number of aliphatic hydroxyl groups excluding tert-OH is 1. The van der Waals surface area contributed by atoms with Crippen LogP contribution in [0.5, 0.6) is 0 Å². The number of alkyl carbamates (subject to hydrolysis) is 1. The number of Topliss-reactive ketones (excluding diaryl/α,β-unsaturated/α-hetero) is 1. The third-order valence-corrected chi connectivity index (χ3v) is 19.8. The Balaban J connectivity index is 0.703. The van der Waals surface area contributed by atoms with Crippen molar-refractivity contribution in [1.82, 2.24) is 16.0 Å². The van der Waals surface area contributed by atoms with Gasteiger partial charge >= 0.3 is 18.0 Å². The first-order valence-corrected chi connectivity index (χ1v) is 28.1. The van der Waals surface area contributed by atoms with Gasteiger partial charge in [-0.2, -0.15) is 0 Å². The lowest BCUT2D eigenvalue weighted by molar-refractivity contribution is -0.166. The molecule has 78 heavy (non-hydrogen) atoms. The number of hydrogen-bond donors (Lipinski definition) is 4. The Morgan fingerprint density at radius 3 is 2.24 bits per heavy atom. The van der Waals surface area contributed by atoms with E-state index in [9.17, 15) is 38.7 Å². The van der Waals surface area contributed by atoms with Crippen molar-refractivity contribution >= 4 is 47.1 Å². The highest BCUT2D eigenvalue weighted by atomic mass is 16.6. The molecule has 1 heterocycles. The molecule has 3 aromatic carbocycles. The van der Waals surface area contributed by atoms with Gasteiger partial charge in [0.1, 0.15) is 24.8 Å². The molecule has 2 bridgehead atoms. The molecular weight excluding hydrogens is 989 g/mol. The number of carbonyl (C=O) groups excluding carboxylic acids is 7. The van der Waals surface area contributed by atoms with E-state index in [2.05, 4.69) is 71.1 Å². The SMILES string of the molecule is CC(=O)OCC(=O)[C@@]12CN(c3ccc(CC45CC(NC(=O)[C@H](CCC(=O)OC(C)(C)C)NC(=O)CNC(=O)OCC6c7ccccc7-c7ccccc76)(C4)C5)cc3)C[C@@H]1C[C@H]1[C@@H]3CCC4=CC(=O)C=C[C@]4(C)[C@H]3[C@@H](O)C[C@@]12C. The predicted octanol–water partition coefficient (Wildman–Crippen LogP) is 7.86. The molecule has 1 saturated heterocycles. The van der Waals surface area contributed by atoms with Crippen molar-refractivity contribution in [3.63, 3.8) is 0 Å². The number of allylic oxidation sites excluding steroid dienone is 4. The first-order valence-electron chi connectivity index (χ1n) is 28.1. The summed E-state index contributed by atoms with van der Waals surface area (Å²) < 4.78 is 16.6. The average Bonchev–Trinajstić information content (AvgIpc) is 4.18. The summed E-state index contributed by atoms with van der Waals surface area (Å²) in [5.41, 5.74) is 4.65. The number of carbonyl (C=O) groups is 7. The molecule has 9 aliphatic rings. The normalized spacial score (nSPS) is 32.0. The van der Waals surface area contributed by atoms with Gasteiger partial charge in [-0.05, 0) is 159 Å². The first kappa shape index (κ1) is 53.4. The number of ketones is 2. The van der Waals surface area contributed by atoms with Gasteiger partial charge in [0.05, 0.1) is 11.5 Å². The molecule has 3 aromatic rings. The van der Waals surface area contributed by atoms with Gasteiger partial charge in [-0.1, -0.05) is 86.2 Å². The van der Waals surface area contributed by atoms with Crippen LogP contribution in [-0.2, 0) is 49.4 Å². The summed E-state index contributed by atoms with van der Waals surface area (Å²) in [6.07, 6.45) is 9.93. The maximum absolute atomic E-state index is 14.8. The molecule has 7 fully saturated rings. The molecule has 9 atom stereocenters. The number of rotatable bonds is 16. The Labute approximate surface area is 456 Å². The number of amides is 3. The molecule has 0 aromatic heterocycles. The molecule has 412 valence electrons. The molecule has 4 N–H and O–H groups in total. The van der Waals surface area contributed by atoms with E-state index in [0.29, 0.717) is 19.5 Å². The standard InChI is InChI=1S/C63H74N4O11/c1-37(68)76-32-52(71)63-36-67(30-40(63)26-49-47-20-17-39-25-42(69)23-24-59(39,5)55(47)51(70)28-60(49,63)6)41-18-15-38(16-19-41)27-61-33-62(34-61,35-61)66-56(74)50(21-22-54(73)78-58(2,3)4)65-53(72)29-64-57(75)77-31-48-45-13-9-7-11-43(45)44-12-8-10-14-46(44)48/h7-16,18-19,23-25,40,47-51,55,70H,17,20-22,26-36H2,1-6H3,(H,64,75)(H,65,72)(H,66,74)/t40-,47-,49-,50-,51-,55+,59-,60-,61?,62?,63+/m0/s1. The second kappa shape index (κ2) is 19.6. The Bertz CT molecular complexity index is 2970. The van der Waals surface area contributed by atoms with Crippen LogP contribution in [0.15, 0.2) is 96.6 Å². The van der Waals surface area contributed by atoms with Gasteiger partial charge < -0.3 is 40.2 Å². The zero-order chi connectivity index (χ0) is 55.2. The van der Waals surface area contributed by atoms with Crippen LogP contribution < -0.4 is 20.9 Å². The van der Waals surface area contributed by atoms with Crippen molar-refractivity contribution in [3.8, 4) is 11.1 Å². The van der Waals surface area contributed by atoms with Crippen molar-refractivity contribution in [2.24, 2.45) is 45.3 Å². The molecule has 1 aliphatic heterocycles. The largest absolute Gasteiger partial charge is 0.460 e. The number of hydrogen-bond acceptors (Lipinski definition) is 12. The van der Waals surface area contributed by atoms with E-state index in [1.54, 1.807) is 32.9 Å². The van der Waals surface area contributed by atoms with Crippen molar-refractivity contribution < 1.29 is 52.9 Å². The lowest BCUT2D eigenvalue weighted by Crippen LogP contribution is -2.76. The van der Waals surface area contributed by atoms with Crippen LogP contribution >= 0.6 is 0 Å². The molecule has 0 radical (unpaired) electrons. The minimum atomic E-state index is -1.05. The number of anilines is 1. The van der Waals surface area contributed by atoms with Crippen LogP contribution in [0.2, 0.25) is 0 Å². The van der Waals surface area contributed by atoms with E-state index in [1.165, 1.54) is 6.92 Å². The Hall–Kier alpha value is -6.61. The zero-order valence-electron chi connectivity index (χ0n) is 45.8. The minimum absolute atomic E-state index is 0.00212. The fraction of sp³-hybridized carbons (Fsp3) is 0.540. The van der Waals surface area contributed by atoms with E-state index in [1.807, 2.05) is 42.5 Å². The minimum Gasteiger partial charge on any atom is -0.460 e. The maximum Gasteiger partial charge on any atom is 0.407 e. The van der Waals surface area contributed by atoms with Crippen LogP contribution in [0.4, 0.5) is 10.5 Å². The van der Waals surface area contributed by atoms with E-state index < -0.39 is 75.9 Å². The lowest BCUT2D eigenvalue weighted by Gasteiger charge is -2.71. The van der Waals surface area contributed by atoms with Gasteiger partial charge in [0, 0.05) is 54.9 Å². The second-order valence-electron chi connectivity index (χ2n) is 25.8. The van der Waals surface area contributed by atoms with Gasteiger partial charge in [-0.15, -0.1) is 0 Å². The molecule has 0 spiro atoms. The van der Waals surface area contributed by atoms with Crippen molar-refractivity contribution in [3.05, 3.63) is 113 Å². The summed E-state index contributed by atoms with van der Waals surface area (Å²) in [4.78, 5) is 94.7. The third kappa shape index (κ3) is 9.34. The molecule has 3 amide bonds. The lowest BCUT2D eigenvalue weighted by atomic mass is 9.38. The number of benzene rings is 3. The molecule has 6 saturated carbocycles. The van der Waals surface area contributed by atoms with Crippen LogP contribution in [0.25, 0.3) is 11.1 Å². The Morgan fingerprint density at radius 1 is 0.897 bits per heavy atom. The predicted molar refractivity (Wildman–Crippen MR) is 291 cm³/mol. The van der Waals surface area contributed by atoms with Gasteiger partial charge in [0.15, 0.2) is 18.2 Å². The van der Waals surface area contributed by atoms with Gasteiger partial charge in [0.2, 0.25) is 11.8 Å². The molecule has 0 unspecified atom stereocenters. The van der Waals surface area contributed by atoms with Gasteiger partial charge in [0.25, 0.3) is 0 Å². The molecule has 15 nitrogen and oxygen atoms in total. The summed E-state index contributed by atoms with van der Waals surface area (Å²) >= 11 is 0. The average molecular weight is 1060 g/mol. The maximum atomic E-state index is 14.8. The van der Waals surface area contributed by atoms with Crippen LogP contribution in [0.3, 0.4) is 0 Å². The molecular formula is C63H74N4O11. The summed E-state index contributed by atoms with van der Waals surface area (Å²) in [5, 5.41) is 20.7.